The predicted molar refractivity (Wildman–Crippen MR) is 87.3 cm³/mol. The molecule has 0 aliphatic heterocycles. The van der Waals surface area contributed by atoms with Gasteiger partial charge in [-0.15, -0.1) is 0 Å². The van der Waals surface area contributed by atoms with Crippen LogP contribution in [0, 0.1) is 0 Å². The number of rotatable bonds is 4. The van der Waals surface area contributed by atoms with Crippen LogP contribution in [0.15, 0.2) is 59.7 Å². The van der Waals surface area contributed by atoms with Crippen molar-refractivity contribution in [3.63, 3.8) is 0 Å². The van der Waals surface area contributed by atoms with E-state index in [1.165, 1.54) is 6.33 Å². The zero-order chi connectivity index (χ0) is 16.2. The molecule has 0 atom stereocenters. The molecule has 0 fully saturated rings. The average molecular weight is 309 g/mol. The number of nitrogens with one attached hydrogen (secondary N) is 1. The van der Waals surface area contributed by atoms with Gasteiger partial charge in [0, 0.05) is 0 Å². The molecule has 0 unspecified atom stereocenters. The van der Waals surface area contributed by atoms with E-state index in [9.17, 15) is 9.59 Å². The summed E-state index contributed by atoms with van der Waals surface area (Å²) in [5, 5.41) is 0.438. The van der Waals surface area contributed by atoms with Gasteiger partial charge in [0.1, 0.15) is 12.1 Å². The van der Waals surface area contributed by atoms with Crippen LogP contribution in [0.5, 0.6) is 5.75 Å². The first kappa shape index (κ1) is 14.8. The molecule has 3 rings (SSSR count). The lowest BCUT2D eigenvalue weighted by molar-refractivity contribution is 0.100. The average Bonchev–Trinajstić information content (AvgIpc) is 2.58. The third-order valence-corrected chi connectivity index (χ3v) is 3.32. The van der Waals surface area contributed by atoms with Gasteiger partial charge in [0.2, 0.25) is 0 Å². The highest BCUT2D eigenvalue weighted by molar-refractivity contribution is 6.02. The van der Waals surface area contributed by atoms with Gasteiger partial charge in [0.15, 0.2) is 0 Å². The minimum atomic E-state index is -0.437. The highest BCUT2D eigenvalue weighted by Crippen LogP contribution is 2.17. The van der Waals surface area contributed by atoms with Crippen molar-refractivity contribution >= 4 is 16.8 Å². The first-order valence-corrected chi connectivity index (χ1v) is 7.20. The fraction of sp³-hybridized carbons (Fsp3) is 0.118. The van der Waals surface area contributed by atoms with Crippen LogP contribution < -0.4 is 15.7 Å². The van der Waals surface area contributed by atoms with Crippen LogP contribution in [-0.4, -0.2) is 22.2 Å². The SMILES string of the molecule is CCOc1ccccc1C(=O)Nn1cnc2ccccc2c1=O. The van der Waals surface area contributed by atoms with Gasteiger partial charge < -0.3 is 4.74 Å². The molecule has 0 aliphatic carbocycles. The fourth-order valence-corrected chi connectivity index (χ4v) is 2.25. The number of para-hydroxylation sites is 2. The summed E-state index contributed by atoms with van der Waals surface area (Å²) >= 11 is 0. The molecule has 0 spiro atoms. The lowest BCUT2D eigenvalue weighted by atomic mass is 10.2. The van der Waals surface area contributed by atoms with E-state index in [0.717, 1.165) is 4.68 Å². The van der Waals surface area contributed by atoms with Gasteiger partial charge in [-0.25, -0.2) is 9.66 Å². The maximum atomic E-state index is 12.4. The Morgan fingerprint density at radius 1 is 1.17 bits per heavy atom. The van der Waals surface area contributed by atoms with Gasteiger partial charge in [-0.05, 0) is 31.2 Å². The molecule has 1 aromatic heterocycles. The first-order chi connectivity index (χ1) is 11.2. The molecule has 1 heterocycles. The van der Waals surface area contributed by atoms with Crippen molar-refractivity contribution in [3.05, 3.63) is 70.8 Å². The maximum Gasteiger partial charge on any atom is 0.280 e. The van der Waals surface area contributed by atoms with E-state index >= 15 is 0 Å². The van der Waals surface area contributed by atoms with E-state index in [0.29, 0.717) is 28.8 Å². The third kappa shape index (κ3) is 2.91. The van der Waals surface area contributed by atoms with Crippen molar-refractivity contribution < 1.29 is 9.53 Å². The second kappa shape index (κ2) is 6.31. The molecule has 3 aromatic rings. The minimum Gasteiger partial charge on any atom is -0.493 e. The number of aromatic nitrogens is 2. The monoisotopic (exact) mass is 309 g/mol. The molecule has 23 heavy (non-hydrogen) atoms. The first-order valence-electron chi connectivity index (χ1n) is 7.20. The van der Waals surface area contributed by atoms with Crippen molar-refractivity contribution in [2.24, 2.45) is 0 Å². The van der Waals surface area contributed by atoms with Crippen molar-refractivity contribution in [1.29, 1.82) is 0 Å². The molecule has 0 radical (unpaired) electrons. The van der Waals surface area contributed by atoms with Crippen molar-refractivity contribution in [3.8, 4) is 5.75 Å². The van der Waals surface area contributed by atoms with Gasteiger partial charge in [-0.2, -0.15) is 0 Å². The van der Waals surface area contributed by atoms with E-state index in [2.05, 4.69) is 10.4 Å². The number of nitrogens with zero attached hydrogens (tertiary/aromatic N) is 2. The highest BCUT2D eigenvalue weighted by atomic mass is 16.5. The van der Waals surface area contributed by atoms with Crippen LogP contribution >= 0.6 is 0 Å². The smallest absolute Gasteiger partial charge is 0.280 e. The lowest BCUT2D eigenvalue weighted by Crippen LogP contribution is -2.33. The Morgan fingerprint density at radius 3 is 2.74 bits per heavy atom. The molecule has 0 saturated heterocycles. The number of benzene rings is 2. The standard InChI is InChI=1S/C17H15N3O3/c1-2-23-15-10-6-4-8-13(15)16(21)19-20-11-18-14-9-5-3-7-12(14)17(20)22/h3-11H,2H2,1H3,(H,19,21). The summed E-state index contributed by atoms with van der Waals surface area (Å²) in [5.74, 6) is 0.0301. The van der Waals surface area contributed by atoms with Gasteiger partial charge in [0.05, 0.1) is 23.1 Å². The molecule has 116 valence electrons. The molecule has 6 nitrogen and oxygen atoms in total. The summed E-state index contributed by atoms with van der Waals surface area (Å²) in [5.41, 5.74) is 3.14. The fourth-order valence-electron chi connectivity index (χ4n) is 2.25. The van der Waals surface area contributed by atoms with E-state index in [-0.39, 0.29) is 5.56 Å². The maximum absolute atomic E-state index is 12.4. The summed E-state index contributed by atoms with van der Waals surface area (Å²) in [6.07, 6.45) is 1.30. The quantitative estimate of drug-likeness (QED) is 0.801. The summed E-state index contributed by atoms with van der Waals surface area (Å²) in [6.45, 7) is 2.29. The normalized spacial score (nSPS) is 10.5. The zero-order valence-electron chi connectivity index (χ0n) is 12.5. The Labute approximate surface area is 132 Å². The van der Waals surface area contributed by atoms with Gasteiger partial charge in [0.25, 0.3) is 11.5 Å². The summed E-state index contributed by atoms with van der Waals surface area (Å²) < 4.78 is 6.51. The number of carbonyl (C=O) groups is 1. The predicted octanol–water partition coefficient (Wildman–Crippen LogP) is 2.18. The molecular weight excluding hydrogens is 294 g/mol. The van der Waals surface area contributed by atoms with Gasteiger partial charge >= 0.3 is 0 Å². The molecular formula is C17H15N3O3. The Balaban J connectivity index is 1.95. The molecule has 0 aliphatic rings. The Kier molecular flexibility index (Phi) is 4.05. The number of ether oxygens (including phenoxy) is 1. The molecule has 2 aromatic carbocycles. The largest absolute Gasteiger partial charge is 0.493 e. The lowest BCUT2D eigenvalue weighted by Gasteiger charge is -2.11. The number of hydrogen-bond acceptors (Lipinski definition) is 4. The zero-order valence-corrected chi connectivity index (χ0v) is 12.5. The van der Waals surface area contributed by atoms with E-state index in [1.54, 1.807) is 48.5 Å². The second-order valence-corrected chi connectivity index (χ2v) is 4.81. The second-order valence-electron chi connectivity index (χ2n) is 4.81. The third-order valence-electron chi connectivity index (χ3n) is 3.32. The minimum absolute atomic E-state index is 0.335. The number of hydrogen-bond donors (Lipinski definition) is 1. The van der Waals surface area contributed by atoms with Crippen LogP contribution in [-0.2, 0) is 0 Å². The van der Waals surface area contributed by atoms with E-state index in [1.807, 2.05) is 6.92 Å². The van der Waals surface area contributed by atoms with E-state index in [4.69, 9.17) is 4.74 Å². The molecule has 6 heteroatoms. The summed E-state index contributed by atoms with van der Waals surface area (Å²) in [7, 11) is 0. The molecule has 0 saturated carbocycles. The Hall–Kier alpha value is -3.15. The van der Waals surface area contributed by atoms with Crippen molar-refractivity contribution in [1.82, 2.24) is 9.66 Å². The Bertz CT molecular complexity index is 918. The van der Waals surface area contributed by atoms with Gasteiger partial charge in [-0.1, -0.05) is 24.3 Å². The molecule has 0 bridgehead atoms. The van der Waals surface area contributed by atoms with Crippen molar-refractivity contribution in [2.75, 3.05) is 12.0 Å². The van der Waals surface area contributed by atoms with Crippen LogP contribution in [0.2, 0.25) is 0 Å². The molecule has 1 amide bonds. The number of fused-ring (bicyclic) bond motifs is 1. The van der Waals surface area contributed by atoms with Crippen molar-refractivity contribution in [2.45, 2.75) is 6.92 Å². The van der Waals surface area contributed by atoms with Crippen LogP contribution in [0.1, 0.15) is 17.3 Å². The summed E-state index contributed by atoms with van der Waals surface area (Å²) in [4.78, 5) is 29.0. The number of carbonyl (C=O) groups excluding carboxylic acids is 1. The van der Waals surface area contributed by atoms with Crippen LogP contribution in [0.3, 0.4) is 0 Å². The summed E-state index contributed by atoms with van der Waals surface area (Å²) in [6, 6.07) is 13.8. The Morgan fingerprint density at radius 2 is 1.91 bits per heavy atom. The van der Waals surface area contributed by atoms with E-state index < -0.39 is 5.91 Å². The topological polar surface area (TPSA) is 73.2 Å². The molecule has 1 N–H and O–H groups in total. The van der Waals surface area contributed by atoms with Crippen LogP contribution in [0.4, 0.5) is 0 Å². The van der Waals surface area contributed by atoms with Gasteiger partial charge in [-0.3, -0.25) is 15.0 Å². The number of amides is 1. The van der Waals surface area contributed by atoms with Crippen LogP contribution in [0.25, 0.3) is 10.9 Å². The highest BCUT2D eigenvalue weighted by Gasteiger charge is 2.13.